The van der Waals surface area contributed by atoms with E-state index in [4.69, 9.17) is 12.7 Å². The first-order valence-electron chi connectivity index (χ1n) is 11.1. The highest BCUT2D eigenvalue weighted by Crippen LogP contribution is 2.50. The summed E-state index contributed by atoms with van der Waals surface area (Å²) < 4.78 is 0. The molecule has 3 atom stereocenters. The third-order valence-electron chi connectivity index (χ3n) is 6.73. The molecular weight excluding hydrogens is 314 g/mol. The Labute approximate surface area is 164 Å². The highest BCUT2D eigenvalue weighted by Gasteiger charge is 2.39. The van der Waals surface area contributed by atoms with Crippen LogP contribution < -0.4 is 0 Å². The van der Waals surface area contributed by atoms with E-state index in [2.05, 4.69) is 40.0 Å². The molecule has 0 aromatic heterocycles. The van der Waals surface area contributed by atoms with Crippen LogP contribution in [-0.4, -0.2) is 32.0 Å². The predicted molar refractivity (Wildman–Crippen MR) is 115 cm³/mol. The van der Waals surface area contributed by atoms with Crippen LogP contribution in [0.2, 0.25) is 11.1 Å². The monoisotopic (exact) mass is 351 g/mol. The van der Waals surface area contributed by atoms with Crippen molar-refractivity contribution in [2.24, 2.45) is 10.8 Å². The molecule has 141 valence electrons. The number of nitrogens with zero attached hydrogens (tertiary/aromatic N) is 2. The molecule has 1 heterocycles. The van der Waals surface area contributed by atoms with Gasteiger partial charge in [0.05, 0.1) is 13.7 Å². The average Bonchev–Trinajstić information content (AvgIpc) is 2.98. The van der Waals surface area contributed by atoms with E-state index < -0.39 is 0 Å². The van der Waals surface area contributed by atoms with Gasteiger partial charge in [0.25, 0.3) is 7.41 Å². The Kier molecular flexibility index (Phi) is 6.62. The molecule has 3 radical (unpaired) electrons. The molecule has 1 aliphatic heterocycles. The topological polar surface area (TPSA) is 15.6 Å². The zero-order valence-electron chi connectivity index (χ0n) is 17.6. The second-order valence-corrected chi connectivity index (χ2v) is 9.62. The Morgan fingerprint density at radius 3 is 2.62 bits per heavy atom. The maximum absolute atomic E-state index is 6.65. The van der Waals surface area contributed by atoms with Crippen LogP contribution in [0.25, 0.3) is 0 Å². The van der Waals surface area contributed by atoms with E-state index in [1.807, 2.05) is 0 Å². The first-order valence-corrected chi connectivity index (χ1v) is 11.1. The third kappa shape index (κ3) is 4.60. The van der Waals surface area contributed by atoms with Gasteiger partial charge in [-0.2, -0.15) is 0 Å². The van der Waals surface area contributed by atoms with Crippen molar-refractivity contribution in [2.75, 3.05) is 0 Å². The van der Waals surface area contributed by atoms with E-state index in [-0.39, 0.29) is 5.31 Å². The van der Waals surface area contributed by atoms with Gasteiger partial charge in [0.1, 0.15) is 0 Å². The summed E-state index contributed by atoms with van der Waals surface area (Å²) in [5.41, 5.74) is 2.93. The number of hydrogen-bond donors (Lipinski definition) is 0. The van der Waals surface area contributed by atoms with Crippen LogP contribution in [0.5, 0.6) is 0 Å². The highest BCUT2D eigenvalue weighted by molar-refractivity contribution is 6.38. The van der Waals surface area contributed by atoms with Crippen molar-refractivity contribution in [3.63, 3.8) is 0 Å². The Morgan fingerprint density at radius 1 is 1.15 bits per heavy atom. The van der Waals surface area contributed by atoms with Gasteiger partial charge in [0, 0.05) is 18.2 Å². The van der Waals surface area contributed by atoms with Gasteiger partial charge >= 0.3 is 0 Å². The van der Waals surface area contributed by atoms with E-state index in [9.17, 15) is 0 Å². The van der Waals surface area contributed by atoms with Crippen LogP contribution in [0.1, 0.15) is 98.3 Å². The van der Waals surface area contributed by atoms with Crippen molar-refractivity contribution in [3.05, 3.63) is 11.3 Å². The zero-order valence-corrected chi connectivity index (χ0v) is 17.6. The van der Waals surface area contributed by atoms with Crippen molar-refractivity contribution < 1.29 is 0 Å². The lowest BCUT2D eigenvalue weighted by molar-refractivity contribution is 0.395. The maximum atomic E-state index is 6.65. The molecule has 0 aromatic carbocycles. The Hall–Kier alpha value is -0.660. The molecule has 3 unspecified atom stereocenters. The van der Waals surface area contributed by atoms with Crippen LogP contribution in [0.4, 0.5) is 0 Å². The molecule has 0 bridgehead atoms. The molecule has 3 rings (SSSR count). The van der Waals surface area contributed by atoms with Gasteiger partial charge in [0.2, 0.25) is 0 Å². The normalized spacial score (nSPS) is 35.3. The molecule has 2 aliphatic carbocycles. The minimum Gasteiger partial charge on any atom is -0.337 e. The first-order chi connectivity index (χ1) is 12.4. The van der Waals surface area contributed by atoms with Crippen molar-refractivity contribution in [3.8, 4) is 0 Å². The quantitative estimate of drug-likeness (QED) is 0.563. The fourth-order valence-corrected chi connectivity index (χ4v) is 5.27. The summed E-state index contributed by atoms with van der Waals surface area (Å²) in [5.74, 6) is 2.72. The molecule has 0 spiro atoms. The van der Waals surface area contributed by atoms with Crippen LogP contribution in [0.3, 0.4) is 0 Å². The van der Waals surface area contributed by atoms with Gasteiger partial charge in [-0.15, -0.1) is 0 Å². The second-order valence-electron chi connectivity index (χ2n) is 9.62. The van der Waals surface area contributed by atoms with Crippen LogP contribution >= 0.6 is 0 Å². The Balaban J connectivity index is 1.73. The zero-order chi connectivity index (χ0) is 18.7. The number of allylic oxidation sites excluding steroid dienone is 1. The molecule has 1 saturated carbocycles. The minimum absolute atomic E-state index is 0.148. The number of rotatable bonds is 3. The Morgan fingerprint density at radius 2 is 1.88 bits per heavy atom. The van der Waals surface area contributed by atoms with Gasteiger partial charge in [-0.25, -0.2) is 0 Å². The summed E-state index contributed by atoms with van der Waals surface area (Å²) in [6, 6.07) is 0.461. The van der Waals surface area contributed by atoms with Crippen LogP contribution in [-0.2, 0) is 0 Å². The maximum Gasteiger partial charge on any atom is 0.280 e. The highest BCUT2D eigenvalue weighted by atomic mass is 15.2. The lowest BCUT2D eigenvalue weighted by Crippen LogP contribution is -2.33. The van der Waals surface area contributed by atoms with E-state index in [1.165, 1.54) is 74.9 Å². The van der Waals surface area contributed by atoms with Crippen molar-refractivity contribution in [1.82, 2.24) is 4.90 Å². The molecule has 0 saturated heterocycles. The minimum atomic E-state index is -0.148. The number of hydrogen-bond acceptors (Lipinski definition) is 1. The summed E-state index contributed by atoms with van der Waals surface area (Å²) in [6.45, 7) is 9.22. The summed E-state index contributed by atoms with van der Waals surface area (Å²) in [5, 5.41) is -0.148. The lowest BCUT2D eigenvalue weighted by atomic mass is 9.59. The van der Waals surface area contributed by atoms with Gasteiger partial charge in [0.15, 0.2) is 0 Å². The fourth-order valence-electron chi connectivity index (χ4n) is 5.27. The molecule has 1 fully saturated rings. The van der Waals surface area contributed by atoms with E-state index in [0.717, 1.165) is 18.8 Å². The Bertz CT molecular complexity index is 550. The van der Waals surface area contributed by atoms with Crippen LogP contribution in [0, 0.1) is 5.92 Å². The molecule has 0 amide bonds. The fraction of sp³-hybridized carbons (Fsp3) is 0.864. The molecule has 4 heteroatoms. The van der Waals surface area contributed by atoms with Crippen molar-refractivity contribution >= 4 is 21.1 Å². The van der Waals surface area contributed by atoms with Gasteiger partial charge < -0.3 is 9.80 Å². The van der Waals surface area contributed by atoms with E-state index in [1.54, 1.807) is 0 Å². The molecule has 2 nitrogen and oxygen atoms in total. The molecule has 0 aromatic rings. The van der Waals surface area contributed by atoms with Gasteiger partial charge in [-0.1, -0.05) is 65.2 Å². The lowest BCUT2D eigenvalue weighted by Gasteiger charge is -2.35. The van der Waals surface area contributed by atoms with E-state index in [0.29, 0.717) is 11.9 Å². The smallest absolute Gasteiger partial charge is 0.280 e. The molecule has 0 N–H and O–H groups in total. The van der Waals surface area contributed by atoms with Crippen molar-refractivity contribution in [2.45, 2.75) is 115 Å². The second kappa shape index (κ2) is 8.57. The summed E-state index contributed by atoms with van der Waals surface area (Å²) in [7, 11) is 8.95. The summed E-state index contributed by atoms with van der Waals surface area (Å²) in [4.78, 5) is 7.59. The largest absolute Gasteiger partial charge is 0.337 e. The van der Waals surface area contributed by atoms with Gasteiger partial charge in [-0.05, 0) is 49.3 Å². The predicted octanol–water partition coefficient (Wildman–Crippen LogP) is 6.07. The molecular formula is C22H37B2N2. The molecule has 26 heavy (non-hydrogen) atoms. The standard InChI is InChI=1S/C22H37B2N2/c1-16(2)26-20-12-9-13-22(4,23)19(20)15-21(26)25-24-18-11-8-6-5-7-10-17(3)14-18/h16-18H,5-15H2,1-4H3. The van der Waals surface area contributed by atoms with Gasteiger partial charge in [-0.3, -0.25) is 0 Å². The van der Waals surface area contributed by atoms with Crippen molar-refractivity contribution in [1.29, 1.82) is 0 Å². The average molecular weight is 351 g/mol. The van der Waals surface area contributed by atoms with E-state index >= 15 is 0 Å². The third-order valence-corrected chi connectivity index (χ3v) is 6.73. The summed E-state index contributed by atoms with van der Waals surface area (Å²) in [6.07, 6.45) is 14.0. The summed E-state index contributed by atoms with van der Waals surface area (Å²) >= 11 is 0. The van der Waals surface area contributed by atoms with Crippen LogP contribution in [0.15, 0.2) is 16.2 Å². The molecule has 3 aliphatic rings. The SMILES string of the molecule is [B]C1(C)CCCC2=C1CC(=N[B]C1CCCCCCC(C)C1)N2C(C)C. The first kappa shape index (κ1) is 20.1. The number of amidine groups is 1.